The third-order valence-electron chi connectivity index (χ3n) is 4.24. The maximum absolute atomic E-state index is 10.8. The van der Waals surface area contributed by atoms with Gasteiger partial charge in [0.25, 0.3) is 0 Å². The Balaban J connectivity index is 3.96. The summed E-state index contributed by atoms with van der Waals surface area (Å²) in [7, 11) is 0. The van der Waals surface area contributed by atoms with Crippen molar-refractivity contribution >= 4 is 0 Å². The fourth-order valence-electron chi connectivity index (χ4n) is 2.84. The van der Waals surface area contributed by atoms with E-state index in [1.807, 2.05) is 0 Å². The van der Waals surface area contributed by atoms with Crippen molar-refractivity contribution in [1.29, 1.82) is 0 Å². The van der Waals surface area contributed by atoms with Crippen molar-refractivity contribution < 1.29 is 5.11 Å². The third-order valence-corrected chi connectivity index (χ3v) is 4.24. The van der Waals surface area contributed by atoms with Gasteiger partial charge in [0.15, 0.2) is 0 Å². The van der Waals surface area contributed by atoms with Gasteiger partial charge in [-0.1, -0.05) is 91.4 Å². The minimum atomic E-state index is -0.351. The molecule has 0 aromatic heterocycles. The van der Waals surface area contributed by atoms with Crippen LogP contribution in [0, 0.1) is 0 Å². The lowest BCUT2D eigenvalue weighted by Gasteiger charge is -2.28. The van der Waals surface area contributed by atoms with Crippen LogP contribution in [0.3, 0.4) is 0 Å². The van der Waals surface area contributed by atoms with Gasteiger partial charge in [0.2, 0.25) is 0 Å². The zero-order chi connectivity index (χ0) is 14.4. The van der Waals surface area contributed by atoms with Gasteiger partial charge in [0, 0.05) is 0 Å². The molecule has 0 aromatic rings. The van der Waals surface area contributed by atoms with E-state index in [1.54, 1.807) is 0 Å². The van der Waals surface area contributed by atoms with Crippen molar-refractivity contribution in [3.63, 3.8) is 0 Å². The van der Waals surface area contributed by atoms with Crippen LogP contribution in [-0.4, -0.2) is 10.7 Å². The molecule has 0 rings (SSSR count). The van der Waals surface area contributed by atoms with E-state index < -0.39 is 0 Å². The maximum Gasteiger partial charge on any atom is 0.0647 e. The maximum atomic E-state index is 10.8. The van der Waals surface area contributed by atoms with E-state index in [-0.39, 0.29) is 5.60 Å². The van der Waals surface area contributed by atoms with Crippen LogP contribution in [0.4, 0.5) is 0 Å². The van der Waals surface area contributed by atoms with E-state index in [0.717, 1.165) is 19.3 Å². The predicted octanol–water partition coefficient (Wildman–Crippen LogP) is 6.24. The Labute approximate surface area is 122 Å². The lowest BCUT2D eigenvalue weighted by atomic mass is 9.85. The van der Waals surface area contributed by atoms with Gasteiger partial charge in [-0.15, -0.1) is 0 Å². The Bertz CT molecular complexity index is 165. The topological polar surface area (TPSA) is 20.2 Å². The summed E-state index contributed by atoms with van der Waals surface area (Å²) in [4.78, 5) is 0. The zero-order valence-electron chi connectivity index (χ0n) is 13.8. The fourth-order valence-corrected chi connectivity index (χ4v) is 2.84. The first-order chi connectivity index (χ1) is 9.18. The van der Waals surface area contributed by atoms with Gasteiger partial charge in [0.05, 0.1) is 5.60 Å². The van der Waals surface area contributed by atoms with E-state index in [2.05, 4.69) is 20.8 Å². The van der Waals surface area contributed by atoms with Crippen LogP contribution in [-0.2, 0) is 0 Å². The Hall–Kier alpha value is -0.0400. The Morgan fingerprint density at radius 1 is 0.526 bits per heavy atom. The molecule has 0 amide bonds. The predicted molar refractivity (Wildman–Crippen MR) is 86.6 cm³/mol. The van der Waals surface area contributed by atoms with Crippen LogP contribution < -0.4 is 0 Å². The quantitative estimate of drug-likeness (QED) is 0.370. The minimum Gasteiger partial charge on any atom is -0.390 e. The van der Waals surface area contributed by atoms with E-state index in [0.29, 0.717) is 0 Å². The summed E-state index contributed by atoms with van der Waals surface area (Å²) < 4.78 is 0. The molecule has 0 unspecified atom stereocenters. The fraction of sp³-hybridized carbons (Fsp3) is 1.00. The summed E-state index contributed by atoms with van der Waals surface area (Å²) in [6.07, 6.45) is 17.0. The molecule has 0 aromatic carbocycles. The van der Waals surface area contributed by atoms with E-state index in [1.165, 1.54) is 70.6 Å². The summed E-state index contributed by atoms with van der Waals surface area (Å²) >= 11 is 0. The molecule has 0 aliphatic rings. The highest BCUT2D eigenvalue weighted by atomic mass is 16.3. The van der Waals surface area contributed by atoms with Gasteiger partial charge < -0.3 is 5.11 Å². The van der Waals surface area contributed by atoms with Gasteiger partial charge in [0.1, 0.15) is 0 Å². The molecule has 0 saturated heterocycles. The van der Waals surface area contributed by atoms with Crippen LogP contribution in [0.5, 0.6) is 0 Å². The highest BCUT2D eigenvalue weighted by molar-refractivity contribution is 4.78. The second-order valence-corrected chi connectivity index (χ2v) is 6.30. The van der Waals surface area contributed by atoms with Gasteiger partial charge in [-0.05, 0) is 19.3 Å². The molecule has 0 spiro atoms. The summed E-state index contributed by atoms with van der Waals surface area (Å²) in [5.41, 5.74) is -0.351. The third kappa shape index (κ3) is 11.5. The average molecular weight is 271 g/mol. The second-order valence-electron chi connectivity index (χ2n) is 6.30. The summed E-state index contributed by atoms with van der Waals surface area (Å²) in [5, 5.41) is 10.8. The van der Waals surface area contributed by atoms with Crippen LogP contribution in [0.1, 0.15) is 111 Å². The lowest BCUT2D eigenvalue weighted by Crippen LogP contribution is -2.28. The lowest BCUT2D eigenvalue weighted by molar-refractivity contribution is 0.00720. The molecule has 1 heteroatoms. The first kappa shape index (κ1) is 19.0. The van der Waals surface area contributed by atoms with Gasteiger partial charge in [-0.25, -0.2) is 0 Å². The van der Waals surface area contributed by atoms with Crippen molar-refractivity contribution in [2.75, 3.05) is 0 Å². The molecule has 0 atom stereocenters. The van der Waals surface area contributed by atoms with Crippen LogP contribution in [0.2, 0.25) is 0 Å². The van der Waals surface area contributed by atoms with Crippen molar-refractivity contribution in [2.24, 2.45) is 0 Å². The van der Waals surface area contributed by atoms with Crippen LogP contribution in [0.25, 0.3) is 0 Å². The molecule has 0 saturated carbocycles. The van der Waals surface area contributed by atoms with Crippen molar-refractivity contribution in [2.45, 2.75) is 116 Å². The molecular weight excluding hydrogens is 232 g/mol. The molecular formula is C18H38O. The van der Waals surface area contributed by atoms with Crippen molar-refractivity contribution in [1.82, 2.24) is 0 Å². The first-order valence-electron chi connectivity index (χ1n) is 8.91. The highest BCUT2D eigenvalue weighted by Crippen LogP contribution is 2.28. The van der Waals surface area contributed by atoms with Gasteiger partial charge in [-0.3, -0.25) is 0 Å². The Morgan fingerprint density at radius 2 is 0.842 bits per heavy atom. The highest BCUT2D eigenvalue weighted by Gasteiger charge is 2.24. The molecule has 0 radical (unpaired) electrons. The van der Waals surface area contributed by atoms with E-state index in [4.69, 9.17) is 0 Å². The SMILES string of the molecule is CCCCCCC(O)(CCCCC)CCCCCC. The number of unbranched alkanes of at least 4 members (excludes halogenated alkanes) is 8. The molecule has 1 nitrogen and oxygen atoms in total. The van der Waals surface area contributed by atoms with E-state index >= 15 is 0 Å². The molecule has 0 aliphatic carbocycles. The van der Waals surface area contributed by atoms with Crippen LogP contribution in [0.15, 0.2) is 0 Å². The molecule has 0 fully saturated rings. The molecule has 0 heterocycles. The number of aliphatic hydroxyl groups is 1. The smallest absolute Gasteiger partial charge is 0.0647 e. The average Bonchev–Trinajstić information content (AvgIpc) is 2.41. The molecule has 19 heavy (non-hydrogen) atoms. The zero-order valence-corrected chi connectivity index (χ0v) is 13.8. The summed E-state index contributed by atoms with van der Waals surface area (Å²) in [5.74, 6) is 0. The van der Waals surface area contributed by atoms with Gasteiger partial charge >= 0.3 is 0 Å². The summed E-state index contributed by atoms with van der Waals surface area (Å²) in [6, 6.07) is 0. The van der Waals surface area contributed by atoms with Crippen LogP contribution >= 0.6 is 0 Å². The van der Waals surface area contributed by atoms with Crippen molar-refractivity contribution in [3.8, 4) is 0 Å². The number of rotatable bonds is 14. The largest absolute Gasteiger partial charge is 0.390 e. The molecule has 0 aliphatic heterocycles. The number of hydrogen-bond acceptors (Lipinski definition) is 1. The second kappa shape index (κ2) is 13.0. The Morgan fingerprint density at radius 3 is 1.21 bits per heavy atom. The normalized spacial score (nSPS) is 12.0. The molecule has 1 N–H and O–H groups in total. The minimum absolute atomic E-state index is 0.351. The summed E-state index contributed by atoms with van der Waals surface area (Å²) in [6.45, 7) is 6.73. The van der Waals surface area contributed by atoms with Gasteiger partial charge in [-0.2, -0.15) is 0 Å². The first-order valence-corrected chi connectivity index (χ1v) is 8.91. The Kier molecular flexibility index (Phi) is 12.9. The monoisotopic (exact) mass is 270 g/mol. The number of hydrogen-bond donors (Lipinski definition) is 1. The molecule has 0 bridgehead atoms. The standard InChI is InChI=1S/C18H38O/c1-4-7-10-13-16-18(19,15-12-9-6-3)17-14-11-8-5-2/h19H,4-17H2,1-3H3. The van der Waals surface area contributed by atoms with E-state index in [9.17, 15) is 5.11 Å². The van der Waals surface area contributed by atoms with Crippen molar-refractivity contribution in [3.05, 3.63) is 0 Å². The molecule has 116 valence electrons.